The summed E-state index contributed by atoms with van der Waals surface area (Å²) in [6, 6.07) is 3.34. The number of nitrogens with one attached hydrogen (secondary N) is 1. The van der Waals surface area contributed by atoms with E-state index < -0.39 is 18.6 Å². The van der Waals surface area contributed by atoms with Crippen molar-refractivity contribution in [2.45, 2.75) is 32.0 Å². The minimum absolute atomic E-state index is 0.204. The average molecular weight is 543 g/mol. The lowest BCUT2D eigenvalue weighted by molar-refractivity contribution is -0.149. The molecule has 3 aromatic heterocycles. The molecule has 0 aromatic carbocycles. The molecular formula is C22H22ClF3N6O3S. The van der Waals surface area contributed by atoms with E-state index in [1.807, 2.05) is 0 Å². The van der Waals surface area contributed by atoms with Crippen molar-refractivity contribution in [3.63, 3.8) is 0 Å². The molecule has 0 bridgehead atoms. The number of piperidine rings is 1. The molecule has 9 nitrogen and oxygen atoms in total. The Labute approximate surface area is 213 Å². The molecule has 0 aliphatic carbocycles. The van der Waals surface area contributed by atoms with Gasteiger partial charge >= 0.3 is 6.18 Å². The zero-order valence-corrected chi connectivity index (χ0v) is 20.9. The van der Waals surface area contributed by atoms with Crippen molar-refractivity contribution in [1.29, 1.82) is 0 Å². The van der Waals surface area contributed by atoms with Gasteiger partial charge in [0.05, 0.1) is 25.4 Å². The van der Waals surface area contributed by atoms with Crippen LogP contribution >= 0.6 is 22.9 Å². The lowest BCUT2D eigenvalue weighted by Gasteiger charge is -2.31. The Balaban J connectivity index is 1.43. The molecule has 3 aromatic rings. The third-order valence-corrected chi connectivity index (χ3v) is 6.40. The smallest absolute Gasteiger partial charge is 0.401 e. The SMILES string of the molecule is COc1cnc(Cl)cc1-c1cc(C)ncc1C(=O)Nc1nnc(OC2CCN(CC(F)(F)F)CC2)s1. The second-order valence-electron chi connectivity index (χ2n) is 8.11. The van der Waals surface area contributed by atoms with Gasteiger partial charge < -0.3 is 9.47 Å². The molecule has 36 heavy (non-hydrogen) atoms. The number of carbonyl (C=O) groups excluding carboxylic acids is 1. The molecular weight excluding hydrogens is 521 g/mol. The van der Waals surface area contributed by atoms with Crippen LogP contribution in [0.25, 0.3) is 11.1 Å². The second-order valence-corrected chi connectivity index (χ2v) is 9.44. The van der Waals surface area contributed by atoms with E-state index in [0.717, 1.165) is 11.3 Å². The maximum absolute atomic E-state index is 13.1. The van der Waals surface area contributed by atoms with Crippen molar-refractivity contribution < 1.29 is 27.4 Å². The molecule has 1 fully saturated rings. The Morgan fingerprint density at radius 2 is 1.94 bits per heavy atom. The zero-order chi connectivity index (χ0) is 25.9. The van der Waals surface area contributed by atoms with E-state index in [1.54, 1.807) is 19.1 Å². The van der Waals surface area contributed by atoms with Gasteiger partial charge in [0.2, 0.25) is 5.13 Å². The van der Waals surface area contributed by atoms with Gasteiger partial charge in [0.1, 0.15) is 17.0 Å². The summed E-state index contributed by atoms with van der Waals surface area (Å²) in [5.41, 5.74) is 2.07. The number of amides is 1. The van der Waals surface area contributed by atoms with Gasteiger partial charge in [-0.25, -0.2) is 4.98 Å². The molecule has 1 saturated heterocycles. The second kappa shape index (κ2) is 10.9. The van der Waals surface area contributed by atoms with E-state index in [-0.39, 0.29) is 40.2 Å². The fourth-order valence-electron chi connectivity index (χ4n) is 3.81. The lowest BCUT2D eigenvalue weighted by Crippen LogP contribution is -2.42. The molecule has 0 radical (unpaired) electrons. The number of ether oxygens (including phenoxy) is 2. The maximum Gasteiger partial charge on any atom is 0.401 e. The van der Waals surface area contributed by atoms with Crippen molar-refractivity contribution in [3.05, 3.63) is 40.9 Å². The largest absolute Gasteiger partial charge is 0.494 e. The van der Waals surface area contributed by atoms with Crippen LogP contribution in [-0.4, -0.2) is 70.0 Å². The molecule has 4 rings (SSSR count). The van der Waals surface area contributed by atoms with Gasteiger partial charge in [-0.15, -0.1) is 5.10 Å². The highest BCUT2D eigenvalue weighted by Crippen LogP contribution is 2.34. The van der Waals surface area contributed by atoms with Crippen LogP contribution in [0.5, 0.6) is 10.9 Å². The predicted octanol–water partition coefficient (Wildman–Crippen LogP) is 4.62. The summed E-state index contributed by atoms with van der Waals surface area (Å²) in [5.74, 6) is -0.0393. The van der Waals surface area contributed by atoms with Gasteiger partial charge in [0, 0.05) is 36.1 Å². The molecule has 192 valence electrons. The van der Waals surface area contributed by atoms with Gasteiger partial charge in [-0.1, -0.05) is 16.7 Å². The number of pyridine rings is 2. The predicted molar refractivity (Wildman–Crippen MR) is 128 cm³/mol. The summed E-state index contributed by atoms with van der Waals surface area (Å²) in [4.78, 5) is 22.7. The van der Waals surface area contributed by atoms with Crippen LogP contribution in [0.4, 0.5) is 18.3 Å². The van der Waals surface area contributed by atoms with Gasteiger partial charge in [-0.2, -0.15) is 13.2 Å². The standard InChI is InChI=1S/C22H22ClF3N6O3S/c1-12-7-14(15-8-18(23)28-10-17(15)34-2)16(9-27-12)19(33)29-20-30-31-21(36-20)35-13-3-5-32(6-4-13)11-22(24,25)26/h7-10,13H,3-6,11H2,1-2H3,(H,29,30,33). The summed E-state index contributed by atoms with van der Waals surface area (Å²) in [5, 5.41) is 11.3. The van der Waals surface area contributed by atoms with Gasteiger partial charge in [0.25, 0.3) is 11.1 Å². The molecule has 0 saturated carbocycles. The first-order chi connectivity index (χ1) is 17.1. The Bertz CT molecular complexity index is 1230. The van der Waals surface area contributed by atoms with Crippen molar-refractivity contribution >= 4 is 34.0 Å². The minimum atomic E-state index is -4.22. The van der Waals surface area contributed by atoms with Crippen molar-refractivity contribution in [1.82, 2.24) is 25.1 Å². The van der Waals surface area contributed by atoms with E-state index in [0.29, 0.717) is 35.4 Å². The Hall–Kier alpha value is -3.03. The quantitative estimate of drug-likeness (QED) is 0.431. The van der Waals surface area contributed by atoms with E-state index in [9.17, 15) is 18.0 Å². The number of rotatable bonds is 7. The molecule has 1 amide bonds. The van der Waals surface area contributed by atoms with Crippen LogP contribution < -0.4 is 14.8 Å². The number of alkyl halides is 3. The fourth-order valence-corrected chi connectivity index (χ4v) is 4.62. The van der Waals surface area contributed by atoms with Crippen LogP contribution in [0.1, 0.15) is 28.9 Å². The molecule has 0 unspecified atom stereocenters. The number of likely N-dealkylation sites (tertiary alicyclic amines) is 1. The van der Waals surface area contributed by atoms with Crippen LogP contribution in [0.3, 0.4) is 0 Å². The van der Waals surface area contributed by atoms with Gasteiger partial charge in [-0.05, 0) is 43.2 Å². The first-order valence-electron chi connectivity index (χ1n) is 10.9. The normalized spacial score (nSPS) is 15.1. The number of anilines is 1. The number of hydrogen-bond donors (Lipinski definition) is 1. The molecule has 0 spiro atoms. The monoisotopic (exact) mass is 542 g/mol. The number of aryl methyl sites for hydroxylation is 1. The van der Waals surface area contributed by atoms with Gasteiger partial charge in [-0.3, -0.25) is 20.0 Å². The highest BCUT2D eigenvalue weighted by molar-refractivity contribution is 7.17. The summed E-state index contributed by atoms with van der Waals surface area (Å²) >= 11 is 7.11. The molecule has 1 aliphatic rings. The number of hydrogen-bond acceptors (Lipinski definition) is 9. The van der Waals surface area contributed by atoms with Crippen molar-refractivity contribution in [3.8, 4) is 22.1 Å². The molecule has 14 heteroatoms. The van der Waals surface area contributed by atoms with E-state index in [2.05, 4.69) is 25.5 Å². The summed E-state index contributed by atoms with van der Waals surface area (Å²) in [7, 11) is 1.49. The molecule has 0 atom stereocenters. The highest BCUT2D eigenvalue weighted by atomic mass is 35.5. The first-order valence-corrected chi connectivity index (χ1v) is 12.1. The first kappa shape index (κ1) is 26.0. The summed E-state index contributed by atoms with van der Waals surface area (Å²) in [6.45, 7) is 1.42. The Kier molecular flexibility index (Phi) is 7.91. The zero-order valence-electron chi connectivity index (χ0n) is 19.3. The van der Waals surface area contributed by atoms with E-state index in [1.165, 1.54) is 24.4 Å². The van der Waals surface area contributed by atoms with Crippen LogP contribution in [-0.2, 0) is 0 Å². The number of aromatic nitrogens is 4. The number of carbonyl (C=O) groups is 1. The number of nitrogens with zero attached hydrogens (tertiary/aromatic N) is 5. The lowest BCUT2D eigenvalue weighted by atomic mass is 10.0. The minimum Gasteiger partial charge on any atom is -0.494 e. The van der Waals surface area contributed by atoms with E-state index >= 15 is 0 Å². The topological polar surface area (TPSA) is 102 Å². The maximum atomic E-state index is 13.1. The van der Waals surface area contributed by atoms with E-state index in [4.69, 9.17) is 21.1 Å². The average Bonchev–Trinajstić information content (AvgIpc) is 3.25. The third-order valence-electron chi connectivity index (χ3n) is 5.46. The van der Waals surface area contributed by atoms with Crippen molar-refractivity contribution in [2.75, 3.05) is 32.1 Å². The molecule has 1 N–H and O–H groups in total. The third kappa shape index (κ3) is 6.59. The van der Waals surface area contributed by atoms with Gasteiger partial charge in [0.15, 0.2) is 0 Å². The van der Waals surface area contributed by atoms with Crippen LogP contribution in [0.2, 0.25) is 5.15 Å². The highest BCUT2D eigenvalue weighted by Gasteiger charge is 2.33. The van der Waals surface area contributed by atoms with Crippen LogP contribution in [0, 0.1) is 6.92 Å². The van der Waals surface area contributed by atoms with Crippen LogP contribution in [0.15, 0.2) is 24.5 Å². The molecule has 1 aliphatic heterocycles. The number of halogens is 4. The molecule has 4 heterocycles. The van der Waals surface area contributed by atoms with Crippen molar-refractivity contribution in [2.24, 2.45) is 0 Å². The summed E-state index contributed by atoms with van der Waals surface area (Å²) in [6.07, 6.45) is -0.708. The fraction of sp³-hybridized carbons (Fsp3) is 0.409. The number of methoxy groups -OCH3 is 1. The summed E-state index contributed by atoms with van der Waals surface area (Å²) < 4.78 is 48.9. The Morgan fingerprint density at radius 3 is 2.64 bits per heavy atom. The Morgan fingerprint density at radius 1 is 1.19 bits per heavy atom.